The molecular weight excluding hydrogens is 256 g/mol. The average Bonchev–Trinajstić information content (AvgIpc) is 2.44. The van der Waals surface area contributed by atoms with Crippen LogP contribution in [0.3, 0.4) is 0 Å². The van der Waals surface area contributed by atoms with Gasteiger partial charge in [-0.1, -0.05) is 13.8 Å². The van der Waals surface area contributed by atoms with Crippen LogP contribution in [0.15, 0.2) is 12.1 Å². The first kappa shape index (κ1) is 14.5. The molecule has 20 heavy (non-hydrogen) atoms. The number of nitrogens with zero attached hydrogens (tertiary/aromatic N) is 1. The average molecular weight is 278 g/mol. The van der Waals surface area contributed by atoms with Crippen molar-refractivity contribution in [3.8, 4) is 11.5 Å². The molecule has 110 valence electrons. The van der Waals surface area contributed by atoms with Gasteiger partial charge in [0.15, 0.2) is 11.5 Å². The van der Waals surface area contributed by atoms with Crippen molar-refractivity contribution in [3.63, 3.8) is 0 Å². The lowest BCUT2D eigenvalue weighted by molar-refractivity contribution is -0.120. The minimum Gasteiger partial charge on any atom is -0.493 e. The van der Waals surface area contributed by atoms with E-state index in [9.17, 15) is 4.79 Å². The Morgan fingerprint density at radius 2 is 1.85 bits per heavy atom. The number of methoxy groups -OCH3 is 2. The Bertz CT molecular complexity index is 514. The smallest absolute Gasteiger partial charge is 0.249 e. The number of likely N-dealkylation sites (N-methyl/N-ethyl adjacent to an activating group) is 1. The second-order valence-corrected chi connectivity index (χ2v) is 5.17. The van der Waals surface area contributed by atoms with Crippen molar-refractivity contribution in [2.75, 3.05) is 31.0 Å². The van der Waals surface area contributed by atoms with E-state index in [0.717, 1.165) is 11.4 Å². The van der Waals surface area contributed by atoms with E-state index in [2.05, 4.69) is 5.32 Å². The van der Waals surface area contributed by atoms with Gasteiger partial charge in [0.1, 0.15) is 6.04 Å². The summed E-state index contributed by atoms with van der Waals surface area (Å²) in [6, 6.07) is 3.53. The predicted molar refractivity (Wildman–Crippen MR) is 79.8 cm³/mol. The Labute approximate surface area is 119 Å². The third-order valence-electron chi connectivity index (χ3n) is 3.62. The van der Waals surface area contributed by atoms with Crippen molar-refractivity contribution >= 4 is 17.3 Å². The van der Waals surface area contributed by atoms with Gasteiger partial charge in [-0.3, -0.25) is 4.79 Å². The number of nitrogens with one attached hydrogen (secondary N) is 1. The molecule has 1 heterocycles. The molecule has 0 saturated carbocycles. The number of ether oxygens (including phenoxy) is 2. The van der Waals surface area contributed by atoms with Gasteiger partial charge < -0.3 is 19.7 Å². The van der Waals surface area contributed by atoms with Crippen molar-refractivity contribution in [1.29, 1.82) is 0 Å². The Kier molecular flexibility index (Phi) is 4.06. The van der Waals surface area contributed by atoms with E-state index in [4.69, 9.17) is 9.47 Å². The maximum absolute atomic E-state index is 12.5. The predicted octanol–water partition coefficient (Wildman–Crippen LogP) is 2.51. The molecule has 1 aliphatic rings. The zero-order valence-electron chi connectivity index (χ0n) is 12.7. The van der Waals surface area contributed by atoms with E-state index in [-0.39, 0.29) is 17.9 Å². The molecule has 0 aromatic heterocycles. The van der Waals surface area contributed by atoms with Gasteiger partial charge >= 0.3 is 0 Å². The highest BCUT2D eigenvalue weighted by Crippen LogP contribution is 2.41. The third kappa shape index (κ3) is 2.28. The molecule has 5 nitrogen and oxygen atoms in total. The van der Waals surface area contributed by atoms with E-state index < -0.39 is 0 Å². The molecule has 1 unspecified atom stereocenters. The van der Waals surface area contributed by atoms with Gasteiger partial charge in [0, 0.05) is 18.7 Å². The van der Waals surface area contributed by atoms with Crippen LogP contribution in [0.25, 0.3) is 0 Å². The fraction of sp³-hybridized carbons (Fsp3) is 0.533. The zero-order chi connectivity index (χ0) is 14.9. The second kappa shape index (κ2) is 5.61. The van der Waals surface area contributed by atoms with E-state index in [1.54, 1.807) is 19.1 Å². The van der Waals surface area contributed by atoms with Crippen LogP contribution in [0.1, 0.15) is 20.8 Å². The summed E-state index contributed by atoms with van der Waals surface area (Å²) in [5.74, 6) is 1.61. The molecule has 1 atom stereocenters. The molecule has 1 aliphatic heterocycles. The number of benzene rings is 1. The van der Waals surface area contributed by atoms with Gasteiger partial charge in [0.25, 0.3) is 0 Å². The molecule has 0 fully saturated rings. The van der Waals surface area contributed by atoms with E-state index >= 15 is 0 Å². The van der Waals surface area contributed by atoms with E-state index in [1.807, 2.05) is 32.9 Å². The molecule has 1 aromatic rings. The largest absolute Gasteiger partial charge is 0.493 e. The fourth-order valence-corrected chi connectivity index (χ4v) is 2.50. The lowest BCUT2D eigenvalue weighted by atomic mass is 9.98. The van der Waals surface area contributed by atoms with Crippen LogP contribution in [-0.4, -0.2) is 32.7 Å². The zero-order valence-corrected chi connectivity index (χ0v) is 12.7. The molecule has 0 bridgehead atoms. The molecule has 0 spiro atoms. The summed E-state index contributed by atoms with van der Waals surface area (Å²) < 4.78 is 10.6. The summed E-state index contributed by atoms with van der Waals surface area (Å²) in [5.41, 5.74) is 1.75. The first-order valence-electron chi connectivity index (χ1n) is 6.87. The van der Waals surface area contributed by atoms with Crippen LogP contribution in [0, 0.1) is 5.92 Å². The van der Waals surface area contributed by atoms with Crippen molar-refractivity contribution in [2.45, 2.75) is 26.8 Å². The third-order valence-corrected chi connectivity index (χ3v) is 3.62. The molecule has 0 saturated heterocycles. The first-order valence-corrected chi connectivity index (χ1v) is 6.87. The highest BCUT2D eigenvalue weighted by molar-refractivity contribution is 6.05. The van der Waals surface area contributed by atoms with Gasteiger partial charge in [-0.2, -0.15) is 0 Å². The Morgan fingerprint density at radius 1 is 1.25 bits per heavy atom. The summed E-state index contributed by atoms with van der Waals surface area (Å²) in [5, 5.41) is 3.31. The Balaban J connectivity index is 2.53. The Morgan fingerprint density at radius 3 is 2.35 bits per heavy atom. The van der Waals surface area contributed by atoms with Crippen LogP contribution >= 0.6 is 0 Å². The molecule has 1 aromatic carbocycles. The van der Waals surface area contributed by atoms with Gasteiger partial charge in [-0.05, 0) is 12.8 Å². The summed E-state index contributed by atoms with van der Waals surface area (Å²) in [6.07, 6.45) is 0. The molecule has 1 N–H and O–H groups in total. The van der Waals surface area contributed by atoms with Crippen LogP contribution in [0.4, 0.5) is 11.4 Å². The van der Waals surface area contributed by atoms with Gasteiger partial charge in [-0.15, -0.1) is 0 Å². The monoisotopic (exact) mass is 278 g/mol. The van der Waals surface area contributed by atoms with Crippen molar-refractivity contribution in [2.24, 2.45) is 5.92 Å². The van der Waals surface area contributed by atoms with E-state index in [0.29, 0.717) is 18.0 Å². The molecule has 0 aliphatic carbocycles. The van der Waals surface area contributed by atoms with Crippen molar-refractivity contribution < 1.29 is 14.3 Å². The maximum atomic E-state index is 12.5. The SMILES string of the molecule is CCN1C(=O)C(C(C)C)Nc2cc(OC)c(OC)cc21. The first-order chi connectivity index (χ1) is 9.53. The number of hydrogen-bond donors (Lipinski definition) is 1. The lowest BCUT2D eigenvalue weighted by Crippen LogP contribution is -2.49. The summed E-state index contributed by atoms with van der Waals surface area (Å²) in [7, 11) is 3.20. The molecule has 5 heteroatoms. The van der Waals surface area contributed by atoms with Crippen LogP contribution < -0.4 is 19.7 Å². The van der Waals surface area contributed by atoms with Gasteiger partial charge in [0.05, 0.1) is 25.6 Å². The maximum Gasteiger partial charge on any atom is 0.249 e. The summed E-state index contributed by atoms with van der Waals surface area (Å²) >= 11 is 0. The standard InChI is InChI=1S/C15H22N2O3/c1-6-17-11-8-13(20-5)12(19-4)7-10(11)16-14(9(2)3)15(17)18/h7-9,14,16H,6H2,1-5H3. The summed E-state index contributed by atoms with van der Waals surface area (Å²) in [6.45, 7) is 6.68. The number of carbonyl (C=O) groups excluding carboxylic acids is 1. The highest BCUT2D eigenvalue weighted by Gasteiger charge is 2.34. The van der Waals surface area contributed by atoms with Crippen molar-refractivity contribution in [3.05, 3.63) is 12.1 Å². The van der Waals surface area contributed by atoms with E-state index in [1.165, 1.54) is 0 Å². The minimum atomic E-state index is -0.208. The van der Waals surface area contributed by atoms with Crippen LogP contribution in [0.5, 0.6) is 11.5 Å². The summed E-state index contributed by atoms with van der Waals surface area (Å²) in [4.78, 5) is 14.3. The molecule has 1 amide bonds. The molecule has 2 rings (SSSR count). The van der Waals surface area contributed by atoms with Crippen LogP contribution in [0.2, 0.25) is 0 Å². The number of anilines is 2. The molecule has 0 radical (unpaired) electrons. The minimum absolute atomic E-state index is 0.0993. The second-order valence-electron chi connectivity index (χ2n) is 5.17. The highest BCUT2D eigenvalue weighted by atomic mass is 16.5. The van der Waals surface area contributed by atoms with Gasteiger partial charge in [-0.25, -0.2) is 0 Å². The van der Waals surface area contributed by atoms with Gasteiger partial charge in [0.2, 0.25) is 5.91 Å². The van der Waals surface area contributed by atoms with Crippen molar-refractivity contribution in [1.82, 2.24) is 0 Å². The topological polar surface area (TPSA) is 50.8 Å². The lowest BCUT2D eigenvalue weighted by Gasteiger charge is -2.37. The number of hydrogen-bond acceptors (Lipinski definition) is 4. The van der Waals surface area contributed by atoms with Crippen LogP contribution in [-0.2, 0) is 4.79 Å². The normalized spacial score (nSPS) is 17.8. The fourth-order valence-electron chi connectivity index (χ4n) is 2.50. The molecular formula is C15H22N2O3. The quantitative estimate of drug-likeness (QED) is 0.919. The number of rotatable bonds is 4. The Hall–Kier alpha value is -1.91. The number of carbonyl (C=O) groups is 1. The number of amides is 1. The number of fused-ring (bicyclic) bond motifs is 1.